The average Bonchev–Trinajstić information content (AvgIpc) is 2.42. The quantitative estimate of drug-likeness (QED) is 0.819. The first-order valence-electron chi connectivity index (χ1n) is 6.57. The SMILES string of the molecule is CCCNC(=O)c1cc(C(=O)NCC(C)C)ccn1. The van der Waals surface area contributed by atoms with Crippen LogP contribution in [0.2, 0.25) is 0 Å². The second kappa shape index (κ2) is 7.51. The zero-order valence-corrected chi connectivity index (χ0v) is 11.7. The van der Waals surface area contributed by atoms with Crippen molar-refractivity contribution in [1.29, 1.82) is 0 Å². The van der Waals surface area contributed by atoms with Crippen molar-refractivity contribution in [2.75, 3.05) is 13.1 Å². The molecular weight excluding hydrogens is 242 g/mol. The molecule has 0 radical (unpaired) electrons. The number of nitrogens with one attached hydrogen (secondary N) is 2. The number of hydrogen-bond donors (Lipinski definition) is 2. The topological polar surface area (TPSA) is 71.1 Å². The fourth-order valence-corrected chi connectivity index (χ4v) is 1.42. The molecule has 0 bridgehead atoms. The molecule has 0 spiro atoms. The number of amides is 2. The lowest BCUT2D eigenvalue weighted by Gasteiger charge is -2.08. The third kappa shape index (κ3) is 5.07. The van der Waals surface area contributed by atoms with E-state index < -0.39 is 0 Å². The van der Waals surface area contributed by atoms with Crippen molar-refractivity contribution in [3.8, 4) is 0 Å². The van der Waals surface area contributed by atoms with Crippen LogP contribution in [0, 0.1) is 5.92 Å². The molecule has 2 amide bonds. The van der Waals surface area contributed by atoms with E-state index in [2.05, 4.69) is 15.6 Å². The minimum Gasteiger partial charge on any atom is -0.352 e. The van der Waals surface area contributed by atoms with Gasteiger partial charge in [-0.05, 0) is 24.5 Å². The molecule has 0 aliphatic carbocycles. The molecule has 0 aliphatic heterocycles. The molecule has 0 saturated heterocycles. The largest absolute Gasteiger partial charge is 0.352 e. The summed E-state index contributed by atoms with van der Waals surface area (Å²) in [7, 11) is 0. The first-order valence-corrected chi connectivity index (χ1v) is 6.57. The van der Waals surface area contributed by atoms with Crippen LogP contribution in [-0.4, -0.2) is 29.9 Å². The van der Waals surface area contributed by atoms with Crippen molar-refractivity contribution >= 4 is 11.8 Å². The fraction of sp³-hybridized carbons (Fsp3) is 0.500. The molecule has 0 aromatic carbocycles. The van der Waals surface area contributed by atoms with Crippen LogP contribution in [0.15, 0.2) is 18.3 Å². The van der Waals surface area contributed by atoms with Gasteiger partial charge in [-0.3, -0.25) is 14.6 Å². The van der Waals surface area contributed by atoms with Gasteiger partial charge in [-0.2, -0.15) is 0 Å². The summed E-state index contributed by atoms with van der Waals surface area (Å²) >= 11 is 0. The Bertz CT molecular complexity index is 444. The lowest BCUT2D eigenvalue weighted by molar-refractivity contribution is 0.0948. The van der Waals surface area contributed by atoms with Crippen LogP contribution in [0.4, 0.5) is 0 Å². The van der Waals surface area contributed by atoms with Crippen molar-refractivity contribution in [3.63, 3.8) is 0 Å². The molecule has 2 N–H and O–H groups in total. The molecule has 0 saturated carbocycles. The van der Waals surface area contributed by atoms with Gasteiger partial charge in [0.2, 0.25) is 0 Å². The lowest BCUT2D eigenvalue weighted by atomic mass is 10.2. The Morgan fingerprint density at radius 3 is 2.63 bits per heavy atom. The Balaban J connectivity index is 2.71. The van der Waals surface area contributed by atoms with E-state index in [4.69, 9.17) is 0 Å². The van der Waals surface area contributed by atoms with Crippen molar-refractivity contribution in [1.82, 2.24) is 15.6 Å². The second-order valence-electron chi connectivity index (χ2n) is 4.79. The number of carbonyl (C=O) groups excluding carboxylic acids is 2. The summed E-state index contributed by atoms with van der Waals surface area (Å²) in [5.41, 5.74) is 0.725. The van der Waals surface area contributed by atoms with E-state index >= 15 is 0 Å². The number of aromatic nitrogens is 1. The second-order valence-corrected chi connectivity index (χ2v) is 4.79. The standard InChI is InChI=1S/C14H21N3O2/c1-4-6-16-14(19)12-8-11(5-7-15-12)13(18)17-9-10(2)3/h5,7-8,10H,4,6,9H2,1-3H3,(H,16,19)(H,17,18). The Morgan fingerprint density at radius 2 is 2.00 bits per heavy atom. The zero-order chi connectivity index (χ0) is 14.3. The molecule has 1 heterocycles. The van der Waals surface area contributed by atoms with Crippen LogP contribution in [0.25, 0.3) is 0 Å². The van der Waals surface area contributed by atoms with Crippen LogP contribution in [0.5, 0.6) is 0 Å². The summed E-state index contributed by atoms with van der Waals surface area (Å²) in [5, 5.41) is 5.54. The Morgan fingerprint density at radius 1 is 1.26 bits per heavy atom. The highest BCUT2D eigenvalue weighted by Crippen LogP contribution is 2.02. The molecular formula is C14H21N3O2. The minimum absolute atomic E-state index is 0.180. The van der Waals surface area contributed by atoms with Crippen molar-refractivity contribution in [2.24, 2.45) is 5.92 Å². The summed E-state index contributed by atoms with van der Waals surface area (Å²) in [4.78, 5) is 27.6. The molecule has 5 nitrogen and oxygen atoms in total. The summed E-state index contributed by atoms with van der Waals surface area (Å²) < 4.78 is 0. The maximum Gasteiger partial charge on any atom is 0.269 e. The highest BCUT2D eigenvalue weighted by molar-refractivity contribution is 5.98. The van der Waals surface area contributed by atoms with Crippen molar-refractivity contribution in [2.45, 2.75) is 27.2 Å². The average molecular weight is 263 g/mol. The molecule has 1 aromatic heterocycles. The van der Waals surface area contributed by atoms with Gasteiger partial charge in [-0.25, -0.2) is 0 Å². The Labute approximate surface area is 113 Å². The highest BCUT2D eigenvalue weighted by atomic mass is 16.2. The number of pyridine rings is 1. The van der Waals surface area contributed by atoms with Crippen LogP contribution in [0.1, 0.15) is 48.0 Å². The molecule has 0 fully saturated rings. The van der Waals surface area contributed by atoms with Gasteiger partial charge in [0.05, 0.1) is 0 Å². The van der Waals surface area contributed by atoms with E-state index in [9.17, 15) is 9.59 Å². The van der Waals surface area contributed by atoms with Gasteiger partial charge in [0.15, 0.2) is 0 Å². The van der Waals surface area contributed by atoms with Gasteiger partial charge in [-0.1, -0.05) is 20.8 Å². The molecule has 104 valence electrons. The molecule has 5 heteroatoms. The number of nitrogens with zero attached hydrogens (tertiary/aromatic N) is 1. The zero-order valence-electron chi connectivity index (χ0n) is 11.7. The number of rotatable bonds is 6. The van der Waals surface area contributed by atoms with Crippen LogP contribution < -0.4 is 10.6 Å². The summed E-state index contributed by atoms with van der Waals surface area (Å²) in [6.45, 7) is 7.24. The van der Waals surface area contributed by atoms with E-state index in [1.54, 1.807) is 6.07 Å². The smallest absolute Gasteiger partial charge is 0.269 e. The number of carbonyl (C=O) groups is 2. The van der Waals surface area contributed by atoms with Gasteiger partial charge in [0, 0.05) is 24.8 Å². The predicted octanol–water partition coefficient (Wildman–Crippen LogP) is 1.61. The van der Waals surface area contributed by atoms with E-state index in [0.29, 0.717) is 24.6 Å². The van der Waals surface area contributed by atoms with E-state index in [-0.39, 0.29) is 17.5 Å². The fourth-order valence-electron chi connectivity index (χ4n) is 1.42. The molecule has 0 atom stereocenters. The monoisotopic (exact) mass is 263 g/mol. The maximum atomic E-state index is 11.9. The van der Waals surface area contributed by atoms with Gasteiger partial charge in [-0.15, -0.1) is 0 Å². The third-order valence-corrected chi connectivity index (χ3v) is 2.46. The van der Waals surface area contributed by atoms with Crippen molar-refractivity contribution in [3.05, 3.63) is 29.6 Å². The first-order chi connectivity index (χ1) is 9.04. The molecule has 19 heavy (non-hydrogen) atoms. The van der Waals surface area contributed by atoms with Crippen LogP contribution >= 0.6 is 0 Å². The van der Waals surface area contributed by atoms with Crippen molar-refractivity contribution < 1.29 is 9.59 Å². The normalized spacial score (nSPS) is 10.3. The third-order valence-electron chi connectivity index (χ3n) is 2.46. The predicted molar refractivity (Wildman–Crippen MR) is 74.0 cm³/mol. The van der Waals surface area contributed by atoms with Gasteiger partial charge < -0.3 is 10.6 Å². The maximum absolute atomic E-state index is 11.9. The Kier molecular flexibility index (Phi) is 5.99. The van der Waals surface area contributed by atoms with E-state index in [0.717, 1.165) is 6.42 Å². The van der Waals surface area contributed by atoms with Crippen LogP contribution in [-0.2, 0) is 0 Å². The lowest BCUT2D eigenvalue weighted by Crippen LogP contribution is -2.28. The first kappa shape index (κ1) is 15.1. The van der Waals surface area contributed by atoms with Gasteiger partial charge in [0.25, 0.3) is 11.8 Å². The highest BCUT2D eigenvalue weighted by Gasteiger charge is 2.11. The molecule has 0 unspecified atom stereocenters. The summed E-state index contributed by atoms with van der Waals surface area (Å²) in [6.07, 6.45) is 2.34. The molecule has 1 aromatic rings. The summed E-state index contributed by atoms with van der Waals surface area (Å²) in [5.74, 6) is -0.0425. The van der Waals surface area contributed by atoms with E-state index in [1.807, 2.05) is 20.8 Å². The molecule has 1 rings (SSSR count). The van der Waals surface area contributed by atoms with Gasteiger partial charge in [0.1, 0.15) is 5.69 Å². The number of hydrogen-bond acceptors (Lipinski definition) is 3. The molecule has 0 aliphatic rings. The van der Waals surface area contributed by atoms with Gasteiger partial charge >= 0.3 is 0 Å². The Hall–Kier alpha value is -1.91. The van der Waals surface area contributed by atoms with Crippen LogP contribution in [0.3, 0.4) is 0 Å². The van der Waals surface area contributed by atoms with E-state index in [1.165, 1.54) is 12.3 Å². The summed E-state index contributed by atoms with van der Waals surface area (Å²) in [6, 6.07) is 3.12. The minimum atomic E-state index is -0.250.